The summed E-state index contributed by atoms with van der Waals surface area (Å²) in [5.74, 6) is -0.766. The second-order valence-corrected chi connectivity index (χ2v) is 3.28. The number of halogens is 1. The van der Waals surface area contributed by atoms with Crippen molar-refractivity contribution >= 4 is 21.9 Å². The van der Waals surface area contributed by atoms with Gasteiger partial charge in [-0.25, -0.2) is 0 Å². The third kappa shape index (κ3) is 2.24. The largest absolute Gasteiger partial charge is 0.480 e. The maximum absolute atomic E-state index is 11.1. The van der Waals surface area contributed by atoms with Crippen LogP contribution in [0.4, 0.5) is 0 Å². The van der Waals surface area contributed by atoms with E-state index in [9.17, 15) is 9.59 Å². The highest BCUT2D eigenvalue weighted by Gasteiger charge is 2.19. The van der Waals surface area contributed by atoms with E-state index < -0.39 is 17.6 Å². The molecule has 0 bridgehead atoms. The van der Waals surface area contributed by atoms with E-state index in [0.717, 1.165) is 0 Å². The predicted octanol–water partition coefficient (Wildman–Crippen LogP) is -0.183. The Labute approximate surface area is 87.2 Å². The molecule has 6 nitrogen and oxygen atoms in total. The number of hydrogen-bond donors (Lipinski definition) is 3. The minimum Gasteiger partial charge on any atom is -0.480 e. The van der Waals surface area contributed by atoms with Gasteiger partial charge in [-0.2, -0.15) is 5.16 Å². The van der Waals surface area contributed by atoms with Crippen LogP contribution in [0.1, 0.15) is 11.3 Å². The van der Waals surface area contributed by atoms with Gasteiger partial charge in [0, 0.05) is 6.42 Å². The van der Waals surface area contributed by atoms with E-state index in [4.69, 9.17) is 15.4 Å². The fraction of sp³-hybridized carbons (Fsp3) is 0.429. The summed E-state index contributed by atoms with van der Waals surface area (Å²) in [4.78, 5) is 21.6. The average Bonchev–Trinajstić information content (AvgIpc) is 2.47. The third-order valence-electron chi connectivity index (χ3n) is 1.74. The molecule has 14 heavy (non-hydrogen) atoms. The van der Waals surface area contributed by atoms with Crippen LogP contribution in [0, 0.1) is 0 Å². The lowest BCUT2D eigenvalue weighted by atomic mass is 10.1. The summed E-state index contributed by atoms with van der Waals surface area (Å²) in [7, 11) is 0. The molecule has 1 atom stereocenters. The molecule has 0 saturated carbocycles. The second kappa shape index (κ2) is 4.43. The molecule has 0 amide bonds. The number of rotatable bonds is 4. The molecule has 78 valence electrons. The number of carbonyl (C=O) groups is 1. The third-order valence-corrected chi connectivity index (χ3v) is 2.25. The molecule has 4 N–H and O–H groups in total. The van der Waals surface area contributed by atoms with Crippen molar-refractivity contribution in [3.63, 3.8) is 0 Å². The first-order chi connectivity index (χ1) is 6.56. The zero-order valence-electron chi connectivity index (χ0n) is 7.12. The molecule has 0 unspecified atom stereocenters. The van der Waals surface area contributed by atoms with Crippen LogP contribution in [-0.2, 0) is 16.5 Å². The topological polar surface area (TPSA) is 109 Å². The highest BCUT2D eigenvalue weighted by molar-refractivity contribution is 9.08. The molecule has 0 fully saturated rings. The smallest absolute Gasteiger partial charge is 0.320 e. The summed E-state index contributed by atoms with van der Waals surface area (Å²) in [5, 5.41) is 11.0. The lowest BCUT2D eigenvalue weighted by Gasteiger charge is -2.03. The van der Waals surface area contributed by atoms with Crippen LogP contribution in [0.25, 0.3) is 0 Å². The lowest BCUT2D eigenvalue weighted by Crippen LogP contribution is -2.34. The number of aromatic amines is 1. The van der Waals surface area contributed by atoms with Crippen molar-refractivity contribution in [2.75, 3.05) is 0 Å². The molecule has 1 rings (SSSR count). The molecule has 0 aromatic carbocycles. The molecule has 0 spiro atoms. The van der Waals surface area contributed by atoms with E-state index in [1.165, 1.54) is 0 Å². The Morgan fingerprint density at radius 3 is 2.86 bits per heavy atom. The monoisotopic (exact) mass is 264 g/mol. The summed E-state index contributed by atoms with van der Waals surface area (Å²) >= 11 is 3.11. The first-order valence-electron chi connectivity index (χ1n) is 3.79. The molecular weight excluding hydrogens is 256 g/mol. The van der Waals surface area contributed by atoms with Crippen molar-refractivity contribution < 1.29 is 14.4 Å². The van der Waals surface area contributed by atoms with E-state index in [1.54, 1.807) is 0 Å². The maximum atomic E-state index is 11.1. The van der Waals surface area contributed by atoms with Crippen molar-refractivity contribution in [1.29, 1.82) is 0 Å². The van der Waals surface area contributed by atoms with Gasteiger partial charge in [0.25, 0.3) is 5.56 Å². The van der Waals surface area contributed by atoms with E-state index in [2.05, 4.69) is 21.1 Å². The van der Waals surface area contributed by atoms with Gasteiger partial charge in [0.05, 0.1) is 10.9 Å². The van der Waals surface area contributed by atoms with Gasteiger partial charge in [-0.1, -0.05) is 15.9 Å². The van der Waals surface area contributed by atoms with E-state index in [0.29, 0.717) is 11.1 Å². The van der Waals surface area contributed by atoms with Crippen molar-refractivity contribution in [3.8, 4) is 0 Å². The standard InChI is InChI=1S/C7H9BrN2O4/c8-2-5-3(6(11)10-14-5)1-4(9)7(12)13/h4H,1-2,9H2,(H,10,11)(H,12,13)/t4-/m0/s1. The first-order valence-corrected chi connectivity index (χ1v) is 4.92. The summed E-state index contributed by atoms with van der Waals surface area (Å²) in [6.07, 6.45) is -0.0396. The van der Waals surface area contributed by atoms with Gasteiger partial charge in [-0.15, -0.1) is 0 Å². The van der Waals surface area contributed by atoms with E-state index >= 15 is 0 Å². The van der Waals surface area contributed by atoms with E-state index in [1.807, 2.05) is 0 Å². The molecule has 7 heteroatoms. The first kappa shape index (κ1) is 11.0. The van der Waals surface area contributed by atoms with Gasteiger partial charge in [-0.3, -0.25) is 9.59 Å². The zero-order valence-corrected chi connectivity index (χ0v) is 8.70. The van der Waals surface area contributed by atoms with Crippen LogP contribution >= 0.6 is 15.9 Å². The van der Waals surface area contributed by atoms with Gasteiger partial charge in [0.1, 0.15) is 6.04 Å². The normalized spacial score (nSPS) is 12.7. The molecule has 0 saturated heterocycles. The fourth-order valence-corrected chi connectivity index (χ4v) is 1.43. The van der Waals surface area contributed by atoms with Crippen LogP contribution < -0.4 is 11.3 Å². The van der Waals surface area contributed by atoms with Gasteiger partial charge in [-0.05, 0) is 0 Å². The van der Waals surface area contributed by atoms with Crippen LogP contribution in [-0.4, -0.2) is 22.3 Å². The Bertz CT molecular complexity index is 383. The molecule has 0 aliphatic heterocycles. The molecule has 0 aliphatic rings. The van der Waals surface area contributed by atoms with Crippen LogP contribution in [0.5, 0.6) is 0 Å². The Balaban J connectivity index is 2.90. The second-order valence-electron chi connectivity index (χ2n) is 2.72. The highest BCUT2D eigenvalue weighted by Crippen LogP contribution is 2.09. The number of carboxylic acids is 1. The van der Waals surface area contributed by atoms with Crippen LogP contribution in [0.3, 0.4) is 0 Å². The van der Waals surface area contributed by atoms with Crippen LogP contribution in [0.15, 0.2) is 9.32 Å². The number of carboxylic acid groups (broad SMARTS) is 1. The minimum atomic E-state index is -1.15. The van der Waals surface area contributed by atoms with Crippen molar-refractivity contribution in [3.05, 3.63) is 21.7 Å². The van der Waals surface area contributed by atoms with Crippen LogP contribution in [0.2, 0.25) is 0 Å². The van der Waals surface area contributed by atoms with Crippen molar-refractivity contribution in [1.82, 2.24) is 5.16 Å². The number of aliphatic carboxylic acids is 1. The summed E-state index contributed by atoms with van der Waals surface area (Å²) in [6.45, 7) is 0. The minimum absolute atomic E-state index is 0.0396. The number of alkyl halides is 1. The number of aromatic nitrogens is 1. The number of nitrogens with one attached hydrogen (secondary N) is 1. The van der Waals surface area contributed by atoms with Crippen molar-refractivity contribution in [2.45, 2.75) is 17.8 Å². The molecule has 1 heterocycles. The van der Waals surface area contributed by atoms with Gasteiger partial charge < -0.3 is 15.4 Å². The van der Waals surface area contributed by atoms with Gasteiger partial charge in [0.15, 0.2) is 5.76 Å². The quantitative estimate of drug-likeness (QED) is 0.654. The van der Waals surface area contributed by atoms with E-state index in [-0.39, 0.29) is 12.0 Å². The van der Waals surface area contributed by atoms with Crippen molar-refractivity contribution in [2.24, 2.45) is 5.73 Å². The number of nitrogens with two attached hydrogens (primary N) is 1. The Hall–Kier alpha value is -1.08. The molecule has 0 radical (unpaired) electrons. The lowest BCUT2D eigenvalue weighted by molar-refractivity contribution is -0.138. The zero-order chi connectivity index (χ0) is 10.7. The maximum Gasteiger partial charge on any atom is 0.320 e. The average molecular weight is 265 g/mol. The molecular formula is C7H9BrN2O4. The fourth-order valence-electron chi connectivity index (χ4n) is 0.979. The highest BCUT2D eigenvalue weighted by atomic mass is 79.9. The Morgan fingerprint density at radius 1 is 1.71 bits per heavy atom. The Morgan fingerprint density at radius 2 is 2.36 bits per heavy atom. The summed E-state index contributed by atoms with van der Waals surface area (Å²) < 4.78 is 4.79. The van der Waals surface area contributed by atoms with Gasteiger partial charge >= 0.3 is 5.97 Å². The molecule has 1 aromatic rings. The molecule has 1 aromatic heterocycles. The number of hydrogen-bond acceptors (Lipinski definition) is 4. The predicted molar refractivity (Wildman–Crippen MR) is 51.3 cm³/mol. The Kier molecular flexibility index (Phi) is 3.48. The molecule has 0 aliphatic carbocycles. The number of H-pyrrole nitrogens is 1. The SMILES string of the molecule is N[C@@H](Cc1c(CBr)o[nH]c1=O)C(=O)O. The summed E-state index contributed by atoms with van der Waals surface area (Å²) in [6, 6.07) is -1.09. The van der Waals surface area contributed by atoms with Gasteiger partial charge in [0.2, 0.25) is 0 Å². The summed E-state index contributed by atoms with van der Waals surface area (Å²) in [5.41, 5.74) is 5.13.